The molecule has 0 unspecified atom stereocenters. The molecule has 21 heavy (non-hydrogen) atoms. The Morgan fingerprint density at radius 3 is 2.48 bits per heavy atom. The van der Waals surface area contributed by atoms with Gasteiger partial charge in [-0.1, -0.05) is 34.1 Å². The van der Waals surface area contributed by atoms with Gasteiger partial charge < -0.3 is 10.1 Å². The highest BCUT2D eigenvalue weighted by Crippen LogP contribution is 2.17. The molecule has 1 rings (SSSR count). The molecule has 0 bridgehead atoms. The first-order valence-electron chi connectivity index (χ1n) is 6.65. The highest BCUT2D eigenvalue weighted by atomic mass is 79.9. The molecule has 1 N–H and O–H groups in total. The van der Waals surface area contributed by atoms with Crippen LogP contribution in [0.3, 0.4) is 0 Å². The maximum Gasteiger partial charge on any atom is 0.328 e. The molecule has 1 aromatic carbocycles. The van der Waals surface area contributed by atoms with Crippen molar-refractivity contribution in [2.45, 2.75) is 39.3 Å². The maximum absolute atomic E-state index is 11.8. The molecule has 0 aliphatic carbocycles. The number of carbonyl (C=O) groups excluding carboxylic acids is 2. The summed E-state index contributed by atoms with van der Waals surface area (Å²) in [5, 5.41) is 2.58. The molecule has 1 aromatic rings. The first kappa shape index (κ1) is 17.4. The highest BCUT2D eigenvalue weighted by molar-refractivity contribution is 9.10. The summed E-state index contributed by atoms with van der Waals surface area (Å²) < 4.78 is 6.09. The second-order valence-corrected chi connectivity index (χ2v) is 6.47. The Labute approximate surface area is 133 Å². The van der Waals surface area contributed by atoms with Crippen LogP contribution in [-0.2, 0) is 14.3 Å². The maximum atomic E-state index is 11.8. The Morgan fingerprint density at radius 2 is 1.90 bits per heavy atom. The average molecular weight is 354 g/mol. The number of ether oxygens (including phenoxy) is 1. The molecule has 5 heteroatoms. The lowest BCUT2D eigenvalue weighted by Gasteiger charge is -2.22. The third-order valence-electron chi connectivity index (χ3n) is 2.44. The zero-order valence-corrected chi connectivity index (χ0v) is 14.2. The number of esters is 1. The number of rotatable bonds is 4. The molecular weight excluding hydrogens is 334 g/mol. The standard InChI is InChI=1S/C16H20BrNO3/c1-11(15(20)21-16(2,3)4)18-14(19)10-9-12-7-5-6-8-13(12)17/h5-11H,1-4H3,(H,18,19)/b10-9+/t11-/m1/s1. The van der Waals surface area contributed by atoms with Gasteiger partial charge in [0.25, 0.3) is 0 Å². The molecule has 0 aromatic heterocycles. The fraction of sp³-hybridized carbons (Fsp3) is 0.375. The zero-order valence-electron chi connectivity index (χ0n) is 12.6. The predicted octanol–water partition coefficient (Wildman–Crippen LogP) is 3.31. The smallest absolute Gasteiger partial charge is 0.328 e. The third-order valence-corrected chi connectivity index (χ3v) is 3.16. The minimum Gasteiger partial charge on any atom is -0.458 e. The summed E-state index contributed by atoms with van der Waals surface area (Å²) >= 11 is 3.40. The average Bonchev–Trinajstić information content (AvgIpc) is 2.35. The molecule has 0 saturated heterocycles. The van der Waals surface area contributed by atoms with Gasteiger partial charge in [0, 0.05) is 10.5 Å². The molecule has 0 saturated carbocycles. The SMILES string of the molecule is C[C@@H](NC(=O)/C=C/c1ccccc1Br)C(=O)OC(C)(C)C. The minimum absolute atomic E-state index is 0.343. The van der Waals surface area contributed by atoms with E-state index in [1.165, 1.54) is 6.08 Å². The van der Waals surface area contributed by atoms with Crippen LogP contribution in [0.4, 0.5) is 0 Å². The van der Waals surface area contributed by atoms with E-state index in [-0.39, 0.29) is 5.91 Å². The van der Waals surface area contributed by atoms with Crippen LogP contribution in [0.2, 0.25) is 0 Å². The molecule has 4 nitrogen and oxygen atoms in total. The Bertz CT molecular complexity index is 547. The molecule has 0 aliphatic heterocycles. The van der Waals surface area contributed by atoms with Crippen LogP contribution in [0, 0.1) is 0 Å². The predicted molar refractivity (Wildman–Crippen MR) is 86.6 cm³/mol. The van der Waals surface area contributed by atoms with Crippen molar-refractivity contribution in [3.05, 3.63) is 40.4 Å². The van der Waals surface area contributed by atoms with Crippen LogP contribution in [0.5, 0.6) is 0 Å². The summed E-state index contributed by atoms with van der Waals surface area (Å²) in [5.41, 5.74) is 0.318. The van der Waals surface area contributed by atoms with Gasteiger partial charge in [0.05, 0.1) is 0 Å². The van der Waals surface area contributed by atoms with Crippen molar-refractivity contribution in [1.29, 1.82) is 0 Å². The van der Waals surface area contributed by atoms with E-state index in [4.69, 9.17) is 4.74 Å². The van der Waals surface area contributed by atoms with Gasteiger partial charge in [-0.15, -0.1) is 0 Å². The van der Waals surface area contributed by atoms with Crippen LogP contribution >= 0.6 is 15.9 Å². The van der Waals surface area contributed by atoms with E-state index < -0.39 is 17.6 Å². The summed E-state index contributed by atoms with van der Waals surface area (Å²) in [4.78, 5) is 23.5. The molecule has 0 spiro atoms. The summed E-state index contributed by atoms with van der Waals surface area (Å²) in [6, 6.07) is 6.85. The summed E-state index contributed by atoms with van der Waals surface area (Å²) in [6.07, 6.45) is 3.07. The number of hydrogen-bond acceptors (Lipinski definition) is 3. The Morgan fingerprint density at radius 1 is 1.29 bits per heavy atom. The van der Waals surface area contributed by atoms with Gasteiger partial charge in [0.15, 0.2) is 0 Å². The third kappa shape index (κ3) is 6.58. The lowest BCUT2D eigenvalue weighted by molar-refractivity contribution is -0.157. The molecule has 0 heterocycles. The van der Waals surface area contributed by atoms with Gasteiger partial charge in [0.1, 0.15) is 11.6 Å². The zero-order chi connectivity index (χ0) is 16.0. The quantitative estimate of drug-likeness (QED) is 0.667. The van der Waals surface area contributed by atoms with Gasteiger partial charge in [-0.3, -0.25) is 4.79 Å². The molecule has 0 aliphatic rings. The van der Waals surface area contributed by atoms with Gasteiger partial charge in [-0.25, -0.2) is 4.79 Å². The Balaban J connectivity index is 2.58. The summed E-state index contributed by atoms with van der Waals surface area (Å²) in [7, 11) is 0. The van der Waals surface area contributed by atoms with E-state index in [2.05, 4.69) is 21.2 Å². The van der Waals surface area contributed by atoms with Gasteiger partial charge in [0.2, 0.25) is 5.91 Å². The van der Waals surface area contributed by atoms with Crippen LogP contribution in [-0.4, -0.2) is 23.5 Å². The van der Waals surface area contributed by atoms with Crippen molar-refractivity contribution in [1.82, 2.24) is 5.32 Å². The van der Waals surface area contributed by atoms with E-state index in [0.29, 0.717) is 0 Å². The van der Waals surface area contributed by atoms with Crippen molar-refractivity contribution >= 4 is 33.9 Å². The first-order chi connectivity index (χ1) is 9.69. The normalized spacial score (nSPS) is 13.0. The van der Waals surface area contributed by atoms with Gasteiger partial charge in [-0.2, -0.15) is 0 Å². The van der Waals surface area contributed by atoms with Gasteiger partial charge >= 0.3 is 5.97 Å². The van der Waals surface area contributed by atoms with Crippen molar-refractivity contribution in [3.8, 4) is 0 Å². The van der Waals surface area contributed by atoms with E-state index in [1.54, 1.807) is 33.8 Å². The van der Waals surface area contributed by atoms with E-state index in [9.17, 15) is 9.59 Å². The number of amides is 1. The van der Waals surface area contributed by atoms with Gasteiger partial charge in [-0.05, 0) is 45.4 Å². The van der Waals surface area contributed by atoms with E-state index in [0.717, 1.165) is 10.0 Å². The first-order valence-corrected chi connectivity index (χ1v) is 7.44. The van der Waals surface area contributed by atoms with Crippen LogP contribution < -0.4 is 5.32 Å². The molecular formula is C16H20BrNO3. The highest BCUT2D eigenvalue weighted by Gasteiger charge is 2.22. The second-order valence-electron chi connectivity index (χ2n) is 5.62. The number of benzene rings is 1. The Kier molecular flexibility index (Phi) is 6.15. The number of hydrogen-bond donors (Lipinski definition) is 1. The molecule has 114 valence electrons. The lowest BCUT2D eigenvalue weighted by atomic mass is 10.2. The summed E-state index contributed by atoms with van der Waals surface area (Å²) in [6.45, 7) is 6.95. The Hall–Kier alpha value is -1.62. The van der Waals surface area contributed by atoms with Crippen molar-refractivity contribution in [2.24, 2.45) is 0 Å². The molecule has 1 atom stereocenters. The van der Waals surface area contributed by atoms with Crippen molar-refractivity contribution in [2.75, 3.05) is 0 Å². The molecule has 0 radical (unpaired) electrons. The van der Waals surface area contributed by atoms with Crippen LogP contribution in [0.15, 0.2) is 34.8 Å². The number of nitrogens with one attached hydrogen (secondary N) is 1. The topological polar surface area (TPSA) is 55.4 Å². The largest absolute Gasteiger partial charge is 0.458 e. The number of halogens is 1. The monoisotopic (exact) mass is 353 g/mol. The number of carbonyl (C=O) groups is 2. The van der Waals surface area contributed by atoms with E-state index >= 15 is 0 Å². The van der Waals surface area contributed by atoms with E-state index in [1.807, 2.05) is 24.3 Å². The molecule has 1 amide bonds. The fourth-order valence-electron chi connectivity index (χ4n) is 1.49. The summed E-state index contributed by atoms with van der Waals surface area (Å²) in [5.74, 6) is -0.797. The van der Waals surface area contributed by atoms with Crippen molar-refractivity contribution in [3.63, 3.8) is 0 Å². The fourth-order valence-corrected chi connectivity index (χ4v) is 1.90. The minimum atomic E-state index is -0.694. The van der Waals surface area contributed by atoms with Crippen LogP contribution in [0.25, 0.3) is 6.08 Å². The van der Waals surface area contributed by atoms with Crippen molar-refractivity contribution < 1.29 is 14.3 Å². The van der Waals surface area contributed by atoms with Crippen LogP contribution in [0.1, 0.15) is 33.3 Å². The lowest BCUT2D eigenvalue weighted by Crippen LogP contribution is -2.41. The molecule has 0 fully saturated rings. The second kappa shape index (κ2) is 7.41.